The van der Waals surface area contributed by atoms with Gasteiger partial charge in [-0.3, -0.25) is 4.79 Å². The van der Waals surface area contributed by atoms with E-state index in [1.807, 2.05) is 24.3 Å². The zero-order valence-electron chi connectivity index (χ0n) is 11.1. The summed E-state index contributed by atoms with van der Waals surface area (Å²) in [7, 11) is 1.66. The molecule has 2 aromatic rings. The summed E-state index contributed by atoms with van der Waals surface area (Å²) in [5.41, 5.74) is 2.85. The molecule has 1 aliphatic carbocycles. The molecule has 1 aromatic heterocycles. The Kier molecular flexibility index (Phi) is 3.89. The molecular weight excluding hydrogens is 367 g/mol. The minimum Gasteiger partial charge on any atom is -0.380 e. The summed E-state index contributed by atoms with van der Waals surface area (Å²) in [6, 6.07) is 7.87. The Morgan fingerprint density at radius 3 is 2.85 bits per heavy atom. The number of aromatic nitrogens is 2. The second kappa shape index (κ2) is 5.65. The van der Waals surface area contributed by atoms with Gasteiger partial charge in [0.2, 0.25) is 0 Å². The molecule has 1 heterocycles. The largest absolute Gasteiger partial charge is 0.380 e. The number of aromatic amines is 1. The molecule has 1 aliphatic rings. The van der Waals surface area contributed by atoms with Gasteiger partial charge in [0.1, 0.15) is 5.82 Å². The van der Waals surface area contributed by atoms with E-state index in [0.717, 1.165) is 33.2 Å². The van der Waals surface area contributed by atoms with Gasteiger partial charge < -0.3 is 9.72 Å². The third-order valence-electron chi connectivity index (χ3n) is 3.42. The quantitative estimate of drug-likeness (QED) is 0.828. The monoisotopic (exact) mass is 382 g/mol. The van der Waals surface area contributed by atoms with Crippen LogP contribution in [-0.4, -0.2) is 17.1 Å². The number of nitrogens with one attached hydrogen (secondary N) is 1. The zero-order chi connectivity index (χ0) is 14.1. The van der Waals surface area contributed by atoms with Gasteiger partial charge >= 0.3 is 0 Å². The molecule has 1 fully saturated rings. The predicted molar refractivity (Wildman–Crippen MR) is 85.7 cm³/mol. The smallest absolute Gasteiger partial charge is 0.264 e. The van der Waals surface area contributed by atoms with Crippen LogP contribution >= 0.6 is 22.6 Å². The molecule has 104 valence electrons. The van der Waals surface area contributed by atoms with E-state index >= 15 is 0 Å². The molecule has 0 atom stereocenters. The Morgan fingerprint density at radius 2 is 2.15 bits per heavy atom. The van der Waals surface area contributed by atoms with Crippen molar-refractivity contribution < 1.29 is 4.74 Å². The molecule has 1 aromatic carbocycles. The number of halogens is 1. The van der Waals surface area contributed by atoms with Crippen LogP contribution in [0.1, 0.15) is 30.0 Å². The second-order valence-electron chi connectivity index (χ2n) is 4.98. The Balaban J connectivity index is 2.13. The fourth-order valence-electron chi connectivity index (χ4n) is 2.26. The standard InChI is InChI=1S/C15H15IN2O2/c1-20-8-10-4-2-3-5-11(10)14-17-13(9-6-7-9)12(16)15(19)18-14/h2-5,9H,6-8H2,1H3,(H,17,18,19). The summed E-state index contributed by atoms with van der Waals surface area (Å²) in [4.78, 5) is 19.7. The van der Waals surface area contributed by atoms with E-state index in [4.69, 9.17) is 4.74 Å². The number of hydrogen-bond acceptors (Lipinski definition) is 3. The Labute approximate surface area is 130 Å². The lowest BCUT2D eigenvalue weighted by atomic mass is 10.1. The normalized spacial score (nSPS) is 14.5. The molecule has 0 radical (unpaired) electrons. The van der Waals surface area contributed by atoms with Crippen LogP contribution in [0.5, 0.6) is 0 Å². The Bertz CT molecular complexity index is 693. The van der Waals surface area contributed by atoms with Crippen molar-refractivity contribution in [2.24, 2.45) is 0 Å². The van der Waals surface area contributed by atoms with E-state index in [9.17, 15) is 4.79 Å². The fraction of sp³-hybridized carbons (Fsp3) is 0.333. The number of hydrogen-bond donors (Lipinski definition) is 1. The van der Waals surface area contributed by atoms with Crippen LogP contribution < -0.4 is 5.56 Å². The van der Waals surface area contributed by atoms with Gasteiger partial charge in [0, 0.05) is 18.6 Å². The van der Waals surface area contributed by atoms with Gasteiger partial charge in [-0.2, -0.15) is 0 Å². The van der Waals surface area contributed by atoms with Gasteiger partial charge in [0.25, 0.3) is 5.56 Å². The minimum absolute atomic E-state index is 0.0512. The number of nitrogens with zero attached hydrogens (tertiary/aromatic N) is 1. The van der Waals surface area contributed by atoms with Crippen LogP contribution in [0.3, 0.4) is 0 Å². The van der Waals surface area contributed by atoms with E-state index in [2.05, 4.69) is 32.6 Å². The third kappa shape index (κ3) is 2.64. The highest BCUT2D eigenvalue weighted by Crippen LogP contribution is 2.40. The lowest BCUT2D eigenvalue weighted by Crippen LogP contribution is -2.16. The summed E-state index contributed by atoms with van der Waals surface area (Å²) in [5, 5.41) is 0. The van der Waals surface area contributed by atoms with Crippen LogP contribution in [0.15, 0.2) is 29.1 Å². The van der Waals surface area contributed by atoms with Crippen molar-refractivity contribution >= 4 is 22.6 Å². The topological polar surface area (TPSA) is 55.0 Å². The van der Waals surface area contributed by atoms with E-state index in [1.165, 1.54) is 0 Å². The van der Waals surface area contributed by atoms with E-state index in [1.54, 1.807) is 7.11 Å². The van der Waals surface area contributed by atoms with Crippen molar-refractivity contribution in [1.82, 2.24) is 9.97 Å². The van der Waals surface area contributed by atoms with Gasteiger partial charge in [0.15, 0.2) is 0 Å². The first-order valence-corrected chi connectivity index (χ1v) is 7.65. The van der Waals surface area contributed by atoms with Gasteiger partial charge in [-0.15, -0.1) is 0 Å². The van der Waals surface area contributed by atoms with Gasteiger partial charge in [-0.25, -0.2) is 4.98 Å². The Hall–Kier alpha value is -1.21. The highest BCUT2D eigenvalue weighted by molar-refractivity contribution is 14.1. The number of rotatable bonds is 4. The molecule has 4 nitrogen and oxygen atoms in total. The number of H-pyrrole nitrogens is 1. The van der Waals surface area contributed by atoms with Crippen molar-refractivity contribution in [1.29, 1.82) is 0 Å². The molecule has 3 rings (SSSR count). The molecule has 1 saturated carbocycles. The average Bonchev–Trinajstić information content (AvgIpc) is 3.27. The van der Waals surface area contributed by atoms with Crippen LogP contribution in [0.4, 0.5) is 0 Å². The number of methoxy groups -OCH3 is 1. The molecule has 0 spiro atoms. The highest BCUT2D eigenvalue weighted by atomic mass is 127. The van der Waals surface area contributed by atoms with Crippen LogP contribution in [0, 0.1) is 3.57 Å². The van der Waals surface area contributed by atoms with Gasteiger partial charge in [0.05, 0.1) is 15.9 Å². The molecular formula is C15H15IN2O2. The van der Waals surface area contributed by atoms with Crippen molar-refractivity contribution in [3.63, 3.8) is 0 Å². The first-order valence-electron chi connectivity index (χ1n) is 6.57. The van der Waals surface area contributed by atoms with Crippen molar-refractivity contribution in [3.8, 4) is 11.4 Å². The molecule has 5 heteroatoms. The maximum Gasteiger partial charge on any atom is 0.264 e. The van der Waals surface area contributed by atoms with E-state index in [0.29, 0.717) is 18.3 Å². The first-order chi connectivity index (χ1) is 9.70. The minimum atomic E-state index is -0.0512. The van der Waals surface area contributed by atoms with Crippen molar-refractivity contribution in [2.75, 3.05) is 7.11 Å². The fourth-order valence-corrected chi connectivity index (χ4v) is 2.96. The second-order valence-corrected chi connectivity index (χ2v) is 6.06. The highest BCUT2D eigenvalue weighted by Gasteiger charge is 2.29. The summed E-state index contributed by atoms with van der Waals surface area (Å²) >= 11 is 2.09. The molecule has 0 amide bonds. The van der Waals surface area contributed by atoms with Gasteiger partial charge in [-0.1, -0.05) is 24.3 Å². The molecule has 1 N–H and O–H groups in total. The third-order valence-corrected chi connectivity index (χ3v) is 4.47. The summed E-state index contributed by atoms with van der Waals surface area (Å²) in [6.07, 6.45) is 2.26. The maximum atomic E-state index is 12.1. The van der Waals surface area contributed by atoms with Gasteiger partial charge in [-0.05, 0) is 41.0 Å². The van der Waals surface area contributed by atoms with E-state index < -0.39 is 0 Å². The summed E-state index contributed by atoms with van der Waals surface area (Å²) < 4.78 is 5.93. The molecule has 0 bridgehead atoms. The summed E-state index contributed by atoms with van der Waals surface area (Å²) in [6.45, 7) is 0.505. The lowest BCUT2D eigenvalue weighted by molar-refractivity contribution is 0.185. The van der Waals surface area contributed by atoms with Crippen LogP contribution in [0.25, 0.3) is 11.4 Å². The average molecular weight is 382 g/mol. The zero-order valence-corrected chi connectivity index (χ0v) is 13.3. The summed E-state index contributed by atoms with van der Waals surface area (Å²) in [5.74, 6) is 1.10. The predicted octanol–water partition coefficient (Wildman–Crippen LogP) is 3.07. The SMILES string of the molecule is COCc1ccccc1-c1nc(C2CC2)c(I)c(=O)[nH]1. The first kappa shape index (κ1) is 13.8. The molecule has 0 unspecified atom stereocenters. The molecule has 0 aliphatic heterocycles. The van der Waals surface area contributed by atoms with E-state index in [-0.39, 0.29) is 5.56 Å². The number of benzene rings is 1. The van der Waals surface area contributed by atoms with Crippen LogP contribution in [-0.2, 0) is 11.3 Å². The Morgan fingerprint density at radius 1 is 1.40 bits per heavy atom. The maximum absolute atomic E-state index is 12.1. The molecule has 20 heavy (non-hydrogen) atoms. The van der Waals surface area contributed by atoms with Crippen molar-refractivity contribution in [2.45, 2.75) is 25.4 Å². The van der Waals surface area contributed by atoms with Crippen molar-refractivity contribution in [3.05, 3.63) is 49.4 Å². The lowest BCUT2D eigenvalue weighted by Gasteiger charge is -2.10. The molecule has 0 saturated heterocycles. The van der Waals surface area contributed by atoms with Crippen LogP contribution in [0.2, 0.25) is 0 Å². The number of ether oxygens (including phenoxy) is 1.